The molecular formula is C24H22FN2OS+. The number of rotatable bonds is 2. The smallest absolute Gasteiger partial charge is 0.287 e. The number of hydrogen-bond donors (Lipinski definition) is 0. The topological polar surface area (TPSA) is 29.9 Å². The van der Waals surface area contributed by atoms with Crippen LogP contribution in [-0.2, 0) is 7.05 Å². The highest BCUT2D eigenvalue weighted by Crippen LogP contribution is 2.42. The summed E-state index contributed by atoms with van der Waals surface area (Å²) in [6.45, 7) is 8.63. The maximum Gasteiger partial charge on any atom is 0.287 e. The zero-order valence-electron chi connectivity index (χ0n) is 17.1. The van der Waals surface area contributed by atoms with Crippen molar-refractivity contribution in [3.8, 4) is 11.3 Å². The molecule has 0 saturated heterocycles. The summed E-state index contributed by atoms with van der Waals surface area (Å²) in [7, 11) is 2.02. The van der Waals surface area contributed by atoms with E-state index in [2.05, 4.69) is 43.7 Å². The van der Waals surface area contributed by atoms with E-state index in [-0.39, 0.29) is 5.82 Å². The Bertz CT molecular complexity index is 1430. The Balaban J connectivity index is 1.96. The van der Waals surface area contributed by atoms with E-state index in [1.165, 1.54) is 28.8 Å². The molecule has 0 aliphatic carbocycles. The number of aromatic nitrogens is 2. The average molecular weight is 406 g/mol. The van der Waals surface area contributed by atoms with Gasteiger partial charge < -0.3 is 4.42 Å². The number of fused-ring (bicyclic) bond motifs is 4. The number of aryl methyl sites for hydroxylation is 2. The number of thiophene rings is 1. The van der Waals surface area contributed by atoms with Crippen molar-refractivity contribution in [2.75, 3.05) is 0 Å². The lowest BCUT2D eigenvalue weighted by Crippen LogP contribution is -2.31. The summed E-state index contributed by atoms with van der Waals surface area (Å²) < 4.78 is 23.3. The lowest BCUT2D eigenvalue weighted by molar-refractivity contribution is -0.662. The van der Waals surface area contributed by atoms with Gasteiger partial charge in [-0.2, -0.15) is 0 Å². The summed E-state index contributed by atoms with van der Waals surface area (Å²) in [5, 5.41) is 4.17. The molecule has 3 heterocycles. The van der Waals surface area contributed by atoms with Crippen LogP contribution in [0.5, 0.6) is 0 Å². The lowest BCUT2D eigenvalue weighted by atomic mass is 9.96. The molecule has 0 radical (unpaired) electrons. The summed E-state index contributed by atoms with van der Waals surface area (Å²) in [6.07, 6.45) is 1.88. The SMILES string of the molecule is Cc1cc2c(oc3cc(F)ccc32)c(-c2c3scc(C(C)C)c3nc[n+]2C)c1C. The maximum atomic E-state index is 13.8. The summed E-state index contributed by atoms with van der Waals surface area (Å²) >= 11 is 1.73. The Morgan fingerprint density at radius 3 is 2.69 bits per heavy atom. The minimum atomic E-state index is -0.289. The predicted molar refractivity (Wildman–Crippen MR) is 117 cm³/mol. The van der Waals surface area contributed by atoms with Crippen LogP contribution in [0.15, 0.2) is 40.4 Å². The highest BCUT2D eigenvalue weighted by atomic mass is 32.1. The van der Waals surface area contributed by atoms with Crippen LogP contribution in [0, 0.1) is 19.7 Å². The largest absolute Gasteiger partial charge is 0.455 e. The van der Waals surface area contributed by atoms with Gasteiger partial charge in [0.1, 0.15) is 21.7 Å². The van der Waals surface area contributed by atoms with Crippen molar-refractivity contribution in [3.05, 3.63) is 58.5 Å². The molecule has 0 aliphatic rings. The first-order valence-corrected chi connectivity index (χ1v) is 10.6. The monoisotopic (exact) mass is 405 g/mol. The Morgan fingerprint density at radius 1 is 1.14 bits per heavy atom. The van der Waals surface area contributed by atoms with Crippen LogP contribution in [0.25, 0.3) is 43.4 Å². The van der Waals surface area contributed by atoms with Crippen LogP contribution in [-0.4, -0.2) is 4.98 Å². The van der Waals surface area contributed by atoms with Crippen LogP contribution in [0.2, 0.25) is 0 Å². The van der Waals surface area contributed by atoms with Crippen LogP contribution in [0.1, 0.15) is 36.5 Å². The van der Waals surface area contributed by atoms with Gasteiger partial charge in [0.25, 0.3) is 6.33 Å². The normalized spacial score (nSPS) is 12.1. The van der Waals surface area contributed by atoms with Crippen LogP contribution >= 0.6 is 11.3 Å². The van der Waals surface area contributed by atoms with Gasteiger partial charge in [0, 0.05) is 22.4 Å². The number of nitrogens with zero attached hydrogens (tertiary/aromatic N) is 2. The standard InChI is InChI=1S/C24H22FN2OS/c1-12(2)18-10-29-24-21(18)26-11-27(5)22(24)20-14(4)13(3)8-17-16-7-6-15(25)9-19(16)28-23(17)20/h6-12H,1-5H3/q+1. The van der Waals surface area contributed by atoms with Gasteiger partial charge in [0.15, 0.2) is 5.69 Å². The van der Waals surface area contributed by atoms with Gasteiger partial charge in [-0.05, 0) is 59.5 Å². The Hall–Kier alpha value is -2.79. The molecule has 0 amide bonds. The van der Waals surface area contributed by atoms with E-state index >= 15 is 0 Å². The molecule has 2 aromatic carbocycles. The molecule has 3 aromatic heterocycles. The minimum absolute atomic E-state index is 0.289. The third-order valence-corrected chi connectivity index (χ3v) is 6.82. The van der Waals surface area contributed by atoms with Gasteiger partial charge in [-0.25, -0.2) is 8.96 Å². The molecule has 3 nitrogen and oxygen atoms in total. The van der Waals surface area contributed by atoms with Gasteiger partial charge in [-0.1, -0.05) is 13.8 Å². The molecule has 0 spiro atoms. The van der Waals surface area contributed by atoms with Crippen molar-refractivity contribution < 1.29 is 13.4 Å². The van der Waals surface area contributed by atoms with Gasteiger partial charge in [0.2, 0.25) is 5.52 Å². The second-order valence-corrected chi connectivity index (χ2v) is 8.92. The van der Waals surface area contributed by atoms with Crippen molar-refractivity contribution in [1.29, 1.82) is 0 Å². The first-order chi connectivity index (χ1) is 13.9. The summed E-state index contributed by atoms with van der Waals surface area (Å²) in [5.74, 6) is 0.118. The molecule has 0 fully saturated rings. The second-order valence-electron chi connectivity index (χ2n) is 8.04. The first-order valence-electron chi connectivity index (χ1n) is 9.75. The van der Waals surface area contributed by atoms with Crippen molar-refractivity contribution in [3.63, 3.8) is 0 Å². The highest BCUT2D eigenvalue weighted by Gasteiger charge is 2.26. The summed E-state index contributed by atoms with van der Waals surface area (Å²) in [6, 6.07) is 6.91. The summed E-state index contributed by atoms with van der Waals surface area (Å²) in [5.41, 5.74) is 8.20. The molecule has 146 valence electrons. The van der Waals surface area contributed by atoms with Crippen molar-refractivity contribution in [2.24, 2.45) is 7.05 Å². The Morgan fingerprint density at radius 2 is 1.93 bits per heavy atom. The van der Waals surface area contributed by atoms with E-state index in [9.17, 15) is 4.39 Å². The first kappa shape index (κ1) is 18.3. The van der Waals surface area contributed by atoms with E-state index in [4.69, 9.17) is 9.40 Å². The minimum Gasteiger partial charge on any atom is -0.455 e. The molecule has 0 atom stereocenters. The van der Waals surface area contributed by atoms with Crippen LogP contribution < -0.4 is 4.57 Å². The van der Waals surface area contributed by atoms with Crippen molar-refractivity contribution >= 4 is 43.5 Å². The fourth-order valence-electron chi connectivity index (χ4n) is 4.12. The van der Waals surface area contributed by atoms with Crippen LogP contribution in [0.3, 0.4) is 0 Å². The number of benzene rings is 2. The van der Waals surface area contributed by atoms with E-state index in [0.717, 1.165) is 37.8 Å². The zero-order chi connectivity index (χ0) is 20.4. The zero-order valence-corrected chi connectivity index (χ0v) is 17.9. The molecule has 0 aliphatic heterocycles. The van der Waals surface area contributed by atoms with Gasteiger partial charge in [0.05, 0.1) is 12.6 Å². The molecule has 0 unspecified atom stereocenters. The Labute approximate surface area is 172 Å². The third-order valence-electron chi connectivity index (χ3n) is 5.82. The van der Waals surface area contributed by atoms with Crippen molar-refractivity contribution in [2.45, 2.75) is 33.6 Å². The average Bonchev–Trinajstić information content (AvgIpc) is 3.25. The molecule has 0 bridgehead atoms. The predicted octanol–water partition coefficient (Wildman–Crippen LogP) is 6.57. The van der Waals surface area contributed by atoms with Crippen molar-refractivity contribution in [1.82, 2.24) is 4.98 Å². The molecule has 5 rings (SSSR count). The van der Waals surface area contributed by atoms with Gasteiger partial charge in [-0.3, -0.25) is 0 Å². The number of furan rings is 1. The van der Waals surface area contributed by atoms with E-state index in [1.807, 2.05) is 13.4 Å². The molecule has 29 heavy (non-hydrogen) atoms. The summed E-state index contributed by atoms with van der Waals surface area (Å²) in [4.78, 5) is 4.73. The quantitative estimate of drug-likeness (QED) is 0.311. The fourth-order valence-corrected chi connectivity index (χ4v) is 5.39. The van der Waals surface area contributed by atoms with Crippen LogP contribution in [0.4, 0.5) is 4.39 Å². The molecule has 5 heteroatoms. The third kappa shape index (κ3) is 2.60. The number of hydrogen-bond acceptors (Lipinski definition) is 3. The highest BCUT2D eigenvalue weighted by molar-refractivity contribution is 7.17. The van der Waals surface area contributed by atoms with Gasteiger partial charge >= 0.3 is 0 Å². The molecule has 5 aromatic rings. The molecular weight excluding hydrogens is 383 g/mol. The van der Waals surface area contributed by atoms with E-state index in [0.29, 0.717) is 11.5 Å². The lowest BCUT2D eigenvalue weighted by Gasteiger charge is -2.11. The van der Waals surface area contributed by atoms with E-state index in [1.54, 1.807) is 17.4 Å². The fraction of sp³-hybridized carbons (Fsp3) is 0.250. The Kier molecular flexibility index (Phi) is 4.00. The van der Waals surface area contributed by atoms with Gasteiger partial charge in [-0.15, -0.1) is 11.3 Å². The second kappa shape index (κ2) is 6.36. The maximum absolute atomic E-state index is 13.8. The molecule has 0 N–H and O–H groups in total. The molecule has 0 saturated carbocycles. The van der Waals surface area contributed by atoms with E-state index < -0.39 is 0 Å². The number of halogens is 1.